The van der Waals surface area contributed by atoms with Gasteiger partial charge in [-0.05, 0) is 45.9 Å². The fourth-order valence-electron chi connectivity index (χ4n) is 1.70. The summed E-state index contributed by atoms with van der Waals surface area (Å²) in [6.07, 6.45) is 1.04. The van der Waals surface area contributed by atoms with Gasteiger partial charge in [-0.15, -0.1) is 11.8 Å². The summed E-state index contributed by atoms with van der Waals surface area (Å²) < 4.78 is 14.2. The van der Waals surface area contributed by atoms with Gasteiger partial charge in [-0.1, -0.05) is 24.3 Å². The molecule has 18 heavy (non-hydrogen) atoms. The molecule has 1 nitrogen and oxygen atoms in total. The molecule has 0 heterocycles. The summed E-state index contributed by atoms with van der Waals surface area (Å²) in [4.78, 5) is 1.11. The number of hydrogen-bond donors (Lipinski definition) is 1. The van der Waals surface area contributed by atoms with Crippen LogP contribution >= 0.6 is 27.7 Å². The van der Waals surface area contributed by atoms with Crippen molar-refractivity contribution in [3.8, 4) is 0 Å². The van der Waals surface area contributed by atoms with Gasteiger partial charge in [0.15, 0.2) is 0 Å². The van der Waals surface area contributed by atoms with Crippen LogP contribution in [0.25, 0.3) is 0 Å². The van der Waals surface area contributed by atoms with E-state index in [0.717, 1.165) is 4.90 Å². The van der Waals surface area contributed by atoms with Crippen LogP contribution in [0.15, 0.2) is 51.8 Å². The maximum atomic E-state index is 13.9. The zero-order valence-electron chi connectivity index (χ0n) is 9.73. The quantitative estimate of drug-likeness (QED) is 0.844. The average molecular weight is 327 g/mol. The second-order valence-corrected chi connectivity index (χ2v) is 5.55. The van der Waals surface area contributed by atoms with Crippen LogP contribution in [0.3, 0.4) is 0 Å². The van der Waals surface area contributed by atoms with Crippen molar-refractivity contribution in [3.63, 3.8) is 0 Å². The Hall–Kier alpha value is -0.840. The molecule has 0 spiro atoms. The Morgan fingerprint density at radius 3 is 2.44 bits per heavy atom. The number of thioether (sulfide) groups is 1. The maximum Gasteiger partial charge on any atom is 0.143 e. The number of benzene rings is 2. The highest BCUT2D eigenvalue weighted by Gasteiger charge is 2.16. The third kappa shape index (κ3) is 2.76. The number of rotatable bonds is 3. The van der Waals surface area contributed by atoms with Crippen LogP contribution in [0.2, 0.25) is 0 Å². The smallest absolute Gasteiger partial charge is 0.143 e. The zero-order chi connectivity index (χ0) is 13.1. The second-order valence-electron chi connectivity index (χ2n) is 3.82. The van der Waals surface area contributed by atoms with Crippen molar-refractivity contribution in [2.24, 2.45) is 0 Å². The van der Waals surface area contributed by atoms with Crippen LogP contribution in [-0.2, 0) is 0 Å². The largest absolute Gasteiger partial charge is 0.384 e. The van der Waals surface area contributed by atoms with Crippen molar-refractivity contribution in [2.75, 3.05) is 6.26 Å². The van der Waals surface area contributed by atoms with E-state index in [-0.39, 0.29) is 5.56 Å². The first kappa shape index (κ1) is 13.6. The van der Waals surface area contributed by atoms with Crippen LogP contribution in [0.1, 0.15) is 17.2 Å². The highest BCUT2D eigenvalue weighted by Crippen LogP contribution is 2.29. The summed E-state index contributed by atoms with van der Waals surface area (Å²) >= 11 is 4.75. The molecule has 0 aliphatic rings. The minimum absolute atomic E-state index is 0.279. The molecule has 1 unspecified atom stereocenters. The topological polar surface area (TPSA) is 20.2 Å². The van der Waals surface area contributed by atoms with Gasteiger partial charge < -0.3 is 5.11 Å². The highest BCUT2D eigenvalue weighted by molar-refractivity contribution is 9.10. The minimum Gasteiger partial charge on any atom is -0.384 e. The molecule has 0 aliphatic carbocycles. The summed E-state index contributed by atoms with van der Waals surface area (Å²) in [6, 6.07) is 12.4. The average Bonchev–Trinajstić information content (AvgIpc) is 2.41. The minimum atomic E-state index is -0.946. The maximum absolute atomic E-state index is 13.9. The van der Waals surface area contributed by atoms with Gasteiger partial charge in [0.05, 0.1) is 4.47 Å². The van der Waals surface area contributed by atoms with E-state index in [0.29, 0.717) is 10.0 Å². The summed E-state index contributed by atoms with van der Waals surface area (Å²) in [5.41, 5.74) is 0.964. The molecule has 94 valence electrons. The number of halogens is 2. The molecule has 0 aliphatic heterocycles. The SMILES string of the molecule is CSc1ccc(C(O)c2cccc(Br)c2F)cc1. The molecular formula is C14H12BrFOS. The van der Waals surface area contributed by atoms with Gasteiger partial charge in [-0.25, -0.2) is 4.39 Å². The van der Waals surface area contributed by atoms with Gasteiger partial charge in [0.1, 0.15) is 11.9 Å². The fourth-order valence-corrected chi connectivity index (χ4v) is 2.49. The van der Waals surface area contributed by atoms with Gasteiger partial charge in [-0.2, -0.15) is 0 Å². The van der Waals surface area contributed by atoms with Crippen molar-refractivity contribution >= 4 is 27.7 Å². The Bertz CT molecular complexity index is 542. The lowest BCUT2D eigenvalue weighted by Gasteiger charge is -2.13. The van der Waals surface area contributed by atoms with Gasteiger partial charge in [0.2, 0.25) is 0 Å². The molecule has 2 rings (SSSR count). The van der Waals surface area contributed by atoms with Crippen molar-refractivity contribution in [1.82, 2.24) is 0 Å². The van der Waals surface area contributed by atoms with Crippen LogP contribution < -0.4 is 0 Å². The van der Waals surface area contributed by atoms with Gasteiger partial charge in [0, 0.05) is 10.5 Å². The summed E-state index contributed by atoms with van der Waals surface area (Å²) in [7, 11) is 0. The Kier molecular flexibility index (Phi) is 4.43. The Morgan fingerprint density at radius 1 is 1.17 bits per heavy atom. The molecule has 0 bridgehead atoms. The zero-order valence-corrected chi connectivity index (χ0v) is 12.1. The third-order valence-corrected chi connectivity index (χ3v) is 4.06. The van der Waals surface area contributed by atoms with Gasteiger partial charge >= 0.3 is 0 Å². The second kappa shape index (κ2) is 5.87. The molecule has 0 aromatic heterocycles. The standard InChI is InChI=1S/C14H12BrFOS/c1-18-10-7-5-9(6-8-10)14(17)11-3-2-4-12(15)13(11)16/h2-8,14,17H,1H3. The predicted molar refractivity (Wildman–Crippen MR) is 76.4 cm³/mol. The monoisotopic (exact) mass is 326 g/mol. The normalized spacial score (nSPS) is 12.4. The van der Waals surface area contributed by atoms with Crippen LogP contribution in [0.5, 0.6) is 0 Å². The Morgan fingerprint density at radius 2 is 1.83 bits per heavy atom. The summed E-state index contributed by atoms with van der Waals surface area (Å²) in [5.74, 6) is -0.418. The first-order valence-electron chi connectivity index (χ1n) is 5.39. The Balaban J connectivity index is 2.35. The molecule has 0 radical (unpaired) electrons. The molecule has 0 saturated carbocycles. The lowest BCUT2D eigenvalue weighted by Crippen LogP contribution is -2.02. The van der Waals surface area contributed by atoms with Crippen LogP contribution in [-0.4, -0.2) is 11.4 Å². The van der Waals surface area contributed by atoms with E-state index in [2.05, 4.69) is 15.9 Å². The molecule has 1 N–H and O–H groups in total. The van der Waals surface area contributed by atoms with Crippen LogP contribution in [0, 0.1) is 5.82 Å². The lowest BCUT2D eigenvalue weighted by atomic mass is 10.0. The summed E-state index contributed by atoms with van der Waals surface area (Å²) in [6.45, 7) is 0. The molecule has 2 aromatic carbocycles. The molecule has 0 fully saturated rings. The number of aliphatic hydroxyl groups excluding tert-OH is 1. The van der Waals surface area contributed by atoms with E-state index < -0.39 is 11.9 Å². The van der Waals surface area contributed by atoms with Crippen LogP contribution in [0.4, 0.5) is 4.39 Å². The van der Waals surface area contributed by atoms with E-state index in [1.165, 1.54) is 0 Å². The molecule has 4 heteroatoms. The van der Waals surface area contributed by atoms with Crippen molar-refractivity contribution in [1.29, 1.82) is 0 Å². The molecule has 2 aromatic rings. The van der Waals surface area contributed by atoms with E-state index in [1.807, 2.05) is 30.5 Å². The molecule has 0 saturated heterocycles. The van der Waals surface area contributed by atoms with Gasteiger partial charge in [0.25, 0.3) is 0 Å². The van der Waals surface area contributed by atoms with E-state index in [9.17, 15) is 9.50 Å². The lowest BCUT2D eigenvalue weighted by molar-refractivity contribution is 0.214. The predicted octanol–water partition coefficient (Wildman–Crippen LogP) is 4.39. The van der Waals surface area contributed by atoms with Crippen molar-refractivity contribution in [3.05, 3.63) is 63.9 Å². The highest BCUT2D eigenvalue weighted by atomic mass is 79.9. The summed E-state index contributed by atoms with van der Waals surface area (Å²) in [5, 5.41) is 10.2. The fraction of sp³-hybridized carbons (Fsp3) is 0.143. The van der Waals surface area contributed by atoms with E-state index in [1.54, 1.807) is 30.0 Å². The van der Waals surface area contributed by atoms with Crippen molar-refractivity contribution < 1.29 is 9.50 Å². The molecular weight excluding hydrogens is 315 g/mol. The first-order valence-corrected chi connectivity index (χ1v) is 7.41. The van der Waals surface area contributed by atoms with E-state index >= 15 is 0 Å². The Labute approximate surface area is 118 Å². The molecule has 1 atom stereocenters. The first-order chi connectivity index (χ1) is 8.63. The third-order valence-electron chi connectivity index (χ3n) is 2.71. The van der Waals surface area contributed by atoms with E-state index in [4.69, 9.17) is 0 Å². The van der Waals surface area contributed by atoms with Crippen molar-refractivity contribution in [2.45, 2.75) is 11.0 Å². The number of aliphatic hydroxyl groups is 1. The van der Waals surface area contributed by atoms with Gasteiger partial charge in [-0.3, -0.25) is 0 Å². The molecule has 0 amide bonds. The number of hydrogen-bond acceptors (Lipinski definition) is 2.